The maximum Gasteiger partial charge on any atom is 0.224 e. The third-order valence-corrected chi connectivity index (χ3v) is 5.92. The molecule has 0 spiro atoms. The van der Waals surface area contributed by atoms with Gasteiger partial charge in [-0.25, -0.2) is 0 Å². The zero-order valence-corrected chi connectivity index (χ0v) is 13.4. The number of carbonyl (C=O) groups is 1. The van der Waals surface area contributed by atoms with Gasteiger partial charge in [-0.1, -0.05) is 42.7 Å². The summed E-state index contributed by atoms with van der Waals surface area (Å²) in [4.78, 5) is 15.0. The molecule has 0 radical (unpaired) electrons. The van der Waals surface area contributed by atoms with Crippen LogP contribution in [0, 0.1) is 24.7 Å². The van der Waals surface area contributed by atoms with Crippen molar-refractivity contribution in [3.63, 3.8) is 0 Å². The number of benzene rings is 1. The Morgan fingerprint density at radius 1 is 1.23 bits per heavy atom. The first-order valence-electron chi connectivity index (χ1n) is 8.79. The Balaban J connectivity index is 1.26. The van der Waals surface area contributed by atoms with Gasteiger partial charge in [0.15, 0.2) is 0 Å². The first-order valence-corrected chi connectivity index (χ1v) is 8.79. The highest BCUT2D eigenvalue weighted by molar-refractivity contribution is 5.82. The molecule has 1 aromatic carbocycles. The molecular formula is C19H26N2O. The zero-order valence-electron chi connectivity index (χ0n) is 13.4. The van der Waals surface area contributed by atoms with Crippen LogP contribution in [0.15, 0.2) is 24.3 Å². The monoisotopic (exact) mass is 298 g/mol. The van der Waals surface area contributed by atoms with Gasteiger partial charge in [0, 0.05) is 31.6 Å². The molecule has 1 aromatic rings. The second-order valence-corrected chi connectivity index (χ2v) is 7.45. The van der Waals surface area contributed by atoms with Crippen LogP contribution < -0.4 is 5.32 Å². The quantitative estimate of drug-likeness (QED) is 0.927. The number of rotatable bonds is 4. The van der Waals surface area contributed by atoms with Crippen molar-refractivity contribution in [2.45, 2.75) is 45.2 Å². The molecule has 3 aliphatic rings. The first kappa shape index (κ1) is 14.3. The van der Waals surface area contributed by atoms with Crippen molar-refractivity contribution >= 4 is 5.91 Å². The van der Waals surface area contributed by atoms with Crippen LogP contribution in [-0.4, -0.2) is 29.9 Å². The molecule has 1 N–H and O–H groups in total. The Labute approximate surface area is 133 Å². The molecule has 2 saturated carbocycles. The summed E-state index contributed by atoms with van der Waals surface area (Å²) in [5.41, 5.74) is 2.45. The lowest BCUT2D eigenvalue weighted by atomic mass is 10.1. The van der Waals surface area contributed by atoms with Crippen molar-refractivity contribution in [2.24, 2.45) is 17.8 Å². The summed E-state index contributed by atoms with van der Waals surface area (Å²) < 4.78 is 0. The summed E-state index contributed by atoms with van der Waals surface area (Å²) in [6, 6.07) is 9.21. The normalized spacial score (nSPS) is 31.2. The number of nitrogens with one attached hydrogen (secondary N) is 1. The average molecular weight is 298 g/mol. The maximum atomic E-state index is 12.4. The molecule has 0 bridgehead atoms. The number of aryl methyl sites for hydroxylation is 1. The molecule has 3 heteroatoms. The number of hydrogen-bond donors (Lipinski definition) is 1. The Bertz CT molecular complexity index is 552. The molecule has 3 fully saturated rings. The van der Waals surface area contributed by atoms with E-state index in [9.17, 15) is 4.79 Å². The van der Waals surface area contributed by atoms with Crippen molar-refractivity contribution in [3.8, 4) is 0 Å². The lowest BCUT2D eigenvalue weighted by Gasteiger charge is -2.26. The number of carbonyl (C=O) groups excluding carboxylic acids is 1. The highest BCUT2D eigenvalue weighted by Gasteiger charge is 2.59. The highest BCUT2D eigenvalue weighted by atomic mass is 16.2. The lowest BCUT2D eigenvalue weighted by molar-refractivity contribution is -0.123. The second-order valence-electron chi connectivity index (χ2n) is 7.45. The second kappa shape index (κ2) is 5.69. The molecule has 1 amide bonds. The van der Waals surface area contributed by atoms with Gasteiger partial charge in [-0.15, -0.1) is 0 Å². The summed E-state index contributed by atoms with van der Waals surface area (Å²) in [7, 11) is 0. The largest absolute Gasteiger partial charge is 0.352 e. The van der Waals surface area contributed by atoms with Crippen molar-refractivity contribution in [1.29, 1.82) is 0 Å². The van der Waals surface area contributed by atoms with Crippen LogP contribution >= 0.6 is 0 Å². The topological polar surface area (TPSA) is 32.3 Å². The molecule has 1 aliphatic heterocycles. The molecule has 1 saturated heterocycles. The summed E-state index contributed by atoms with van der Waals surface area (Å²) >= 11 is 0. The molecule has 22 heavy (non-hydrogen) atoms. The van der Waals surface area contributed by atoms with Gasteiger partial charge < -0.3 is 5.32 Å². The minimum absolute atomic E-state index is 0.280. The molecule has 2 aliphatic carbocycles. The number of piperidine rings is 1. The van der Waals surface area contributed by atoms with E-state index in [-0.39, 0.29) is 5.91 Å². The van der Waals surface area contributed by atoms with E-state index in [0.29, 0.717) is 24.3 Å². The van der Waals surface area contributed by atoms with Crippen LogP contribution in [0.1, 0.15) is 36.8 Å². The van der Waals surface area contributed by atoms with E-state index < -0.39 is 0 Å². The first-order chi connectivity index (χ1) is 10.7. The number of hydrogen-bond acceptors (Lipinski definition) is 2. The summed E-state index contributed by atoms with van der Waals surface area (Å²) in [5.74, 6) is 1.85. The maximum absolute atomic E-state index is 12.4. The van der Waals surface area contributed by atoms with Crippen LogP contribution in [0.3, 0.4) is 0 Å². The van der Waals surface area contributed by atoms with Gasteiger partial charge in [-0.3, -0.25) is 9.69 Å². The van der Waals surface area contributed by atoms with Crippen molar-refractivity contribution in [2.75, 3.05) is 13.1 Å². The van der Waals surface area contributed by atoms with E-state index in [2.05, 4.69) is 41.4 Å². The van der Waals surface area contributed by atoms with Gasteiger partial charge >= 0.3 is 0 Å². The molecule has 118 valence electrons. The molecule has 0 aromatic heterocycles. The Hall–Kier alpha value is -1.35. The standard InChI is InChI=1S/C19H26N2O/c1-13-5-4-6-14(9-13)10-20-19(22)18-16-11-21(12-17(16)18)15-7-2-3-8-15/h4-6,9,15-18H,2-3,7-8,10-12H2,1H3,(H,20,22)/t16-,17+,18?. The van der Waals surface area contributed by atoms with E-state index in [1.54, 1.807) is 0 Å². The Kier molecular flexibility index (Phi) is 3.69. The molecular weight excluding hydrogens is 272 g/mol. The summed E-state index contributed by atoms with van der Waals surface area (Å²) in [5, 5.41) is 3.14. The minimum atomic E-state index is 0.280. The van der Waals surface area contributed by atoms with Gasteiger partial charge in [0.1, 0.15) is 0 Å². The lowest BCUT2D eigenvalue weighted by Crippen LogP contribution is -2.36. The van der Waals surface area contributed by atoms with E-state index in [0.717, 1.165) is 19.1 Å². The minimum Gasteiger partial charge on any atom is -0.352 e. The average Bonchev–Trinajstić information content (AvgIpc) is 2.92. The summed E-state index contributed by atoms with van der Waals surface area (Å²) in [6.45, 7) is 5.09. The SMILES string of the molecule is Cc1cccc(CNC(=O)C2[C@H]3CN(C4CCCC4)C[C@@H]23)c1. The van der Waals surface area contributed by atoms with E-state index in [1.807, 2.05) is 0 Å². The third kappa shape index (κ3) is 2.67. The Morgan fingerprint density at radius 3 is 2.64 bits per heavy atom. The van der Waals surface area contributed by atoms with Gasteiger partial charge in [-0.05, 0) is 37.2 Å². The van der Waals surface area contributed by atoms with Crippen molar-refractivity contribution < 1.29 is 4.79 Å². The van der Waals surface area contributed by atoms with Gasteiger partial charge in [0.05, 0.1) is 0 Å². The molecule has 3 nitrogen and oxygen atoms in total. The van der Waals surface area contributed by atoms with Gasteiger partial charge in [0.2, 0.25) is 5.91 Å². The van der Waals surface area contributed by atoms with Crippen LogP contribution in [0.2, 0.25) is 0 Å². The van der Waals surface area contributed by atoms with Crippen molar-refractivity contribution in [3.05, 3.63) is 35.4 Å². The molecule has 1 heterocycles. The fourth-order valence-corrected chi connectivity index (χ4v) is 4.64. The van der Waals surface area contributed by atoms with Crippen LogP contribution in [0.25, 0.3) is 0 Å². The van der Waals surface area contributed by atoms with Crippen LogP contribution in [0.4, 0.5) is 0 Å². The number of fused-ring (bicyclic) bond motifs is 1. The van der Waals surface area contributed by atoms with E-state index >= 15 is 0 Å². The van der Waals surface area contributed by atoms with E-state index in [4.69, 9.17) is 0 Å². The number of likely N-dealkylation sites (tertiary alicyclic amines) is 1. The molecule has 1 unspecified atom stereocenters. The zero-order chi connectivity index (χ0) is 15.1. The smallest absolute Gasteiger partial charge is 0.224 e. The Morgan fingerprint density at radius 2 is 1.95 bits per heavy atom. The van der Waals surface area contributed by atoms with Crippen LogP contribution in [0.5, 0.6) is 0 Å². The summed E-state index contributed by atoms with van der Waals surface area (Å²) in [6.07, 6.45) is 5.56. The van der Waals surface area contributed by atoms with Gasteiger partial charge in [-0.2, -0.15) is 0 Å². The number of amides is 1. The van der Waals surface area contributed by atoms with Gasteiger partial charge in [0.25, 0.3) is 0 Å². The fourth-order valence-electron chi connectivity index (χ4n) is 4.64. The molecule has 3 atom stereocenters. The predicted molar refractivity (Wildman–Crippen MR) is 87.3 cm³/mol. The highest BCUT2D eigenvalue weighted by Crippen LogP contribution is 2.53. The number of nitrogens with zero attached hydrogens (tertiary/aromatic N) is 1. The van der Waals surface area contributed by atoms with Crippen LogP contribution in [-0.2, 0) is 11.3 Å². The fraction of sp³-hybridized carbons (Fsp3) is 0.632. The predicted octanol–water partition coefficient (Wildman–Crippen LogP) is 2.73. The van der Waals surface area contributed by atoms with Crippen molar-refractivity contribution in [1.82, 2.24) is 10.2 Å². The third-order valence-electron chi connectivity index (χ3n) is 5.92. The molecule has 4 rings (SSSR count). The van der Waals surface area contributed by atoms with E-state index in [1.165, 1.54) is 36.8 Å².